The van der Waals surface area contributed by atoms with Crippen LogP contribution in [0.1, 0.15) is 5.56 Å². The third-order valence-electron chi connectivity index (χ3n) is 4.60. The molecule has 0 amide bonds. The Kier molecular flexibility index (Phi) is 8.79. The van der Waals surface area contributed by atoms with Crippen molar-refractivity contribution in [1.29, 1.82) is 0 Å². The van der Waals surface area contributed by atoms with Crippen LogP contribution in [0.5, 0.6) is 0 Å². The fraction of sp³-hybridized carbons (Fsp3) is 0.350. The molecule has 7 heteroatoms. The van der Waals surface area contributed by atoms with E-state index in [1.54, 1.807) is 0 Å². The predicted molar refractivity (Wildman–Crippen MR) is 117 cm³/mol. The Bertz CT molecular complexity index is 725. The number of hydrogen-bond acceptors (Lipinski definition) is 6. The molecule has 2 aromatic carbocycles. The van der Waals surface area contributed by atoms with Gasteiger partial charge in [0.25, 0.3) is 0 Å². The maximum atomic E-state index is 5.16. The Hall–Kier alpha value is -0.890. The fourth-order valence-electron chi connectivity index (χ4n) is 2.95. The summed E-state index contributed by atoms with van der Waals surface area (Å²) in [6.07, 6.45) is 1.90. The van der Waals surface area contributed by atoms with Crippen molar-refractivity contribution in [2.45, 2.75) is 4.71 Å². The quantitative estimate of drug-likeness (QED) is 0.307. The largest absolute Gasteiger partial charge is 0.800 e. The van der Waals surface area contributed by atoms with E-state index in [2.05, 4.69) is 68.2 Å². The van der Waals surface area contributed by atoms with E-state index >= 15 is 0 Å². The molecule has 1 aliphatic rings. The average Bonchev–Trinajstić information content (AvgIpc) is 2.67. The monoisotopic (exact) mass is 581 g/mol. The van der Waals surface area contributed by atoms with Crippen molar-refractivity contribution in [3.8, 4) is 0 Å². The third-order valence-corrected chi connectivity index (χ3v) is 5.20. The van der Waals surface area contributed by atoms with Gasteiger partial charge >= 0.3 is 0 Å². The third kappa shape index (κ3) is 6.31. The van der Waals surface area contributed by atoms with E-state index in [0.29, 0.717) is 0 Å². The first kappa shape index (κ1) is 22.4. The number of aliphatic imine (C=N–C) groups is 1. The number of nitrogens with zero attached hydrogens (tertiary/aromatic N) is 4. The molecule has 0 N–H and O–H groups in total. The number of hydrogen-bond donors (Lipinski definition) is 0. The summed E-state index contributed by atoms with van der Waals surface area (Å²) in [4.78, 5) is 11.2. The molecular weight excluding hydrogens is 557 g/mol. The van der Waals surface area contributed by atoms with Crippen LogP contribution in [0.4, 0.5) is 17.1 Å². The van der Waals surface area contributed by atoms with Crippen molar-refractivity contribution in [1.82, 2.24) is 4.90 Å². The van der Waals surface area contributed by atoms with Gasteiger partial charge in [0, 0.05) is 80.2 Å². The van der Waals surface area contributed by atoms with E-state index in [-0.39, 0.29) is 27.1 Å². The maximum absolute atomic E-state index is 5.16. The molecule has 1 heterocycles. The van der Waals surface area contributed by atoms with Crippen LogP contribution in [0.25, 0.3) is 0 Å². The van der Waals surface area contributed by atoms with Gasteiger partial charge in [0.05, 0.1) is 5.69 Å². The van der Waals surface area contributed by atoms with Gasteiger partial charge in [-0.05, 0) is 42.0 Å². The van der Waals surface area contributed by atoms with Gasteiger partial charge in [-0.2, -0.15) is 0 Å². The van der Waals surface area contributed by atoms with Crippen molar-refractivity contribution in [2.24, 2.45) is 4.99 Å². The smallest absolute Gasteiger partial charge is 0.0631 e. The molecule has 27 heavy (non-hydrogen) atoms. The number of anilines is 2. The van der Waals surface area contributed by atoms with Crippen molar-refractivity contribution in [3.05, 3.63) is 54.1 Å². The predicted octanol–water partition coefficient (Wildman–Crippen LogP) is 3.00. The van der Waals surface area contributed by atoms with Gasteiger partial charge in [-0.25, -0.2) is 4.71 Å². The van der Waals surface area contributed by atoms with Gasteiger partial charge in [-0.1, -0.05) is 12.1 Å². The molecule has 0 atom stereocenters. The SMILES string of the molecule is CN(C)c1ccc(C=Nc2ccc(N3CCN(C([S-])[S-])CC3)cc2)cc1.[Au]. The summed E-state index contributed by atoms with van der Waals surface area (Å²) in [6, 6.07) is 16.8. The second kappa shape index (κ2) is 10.6. The molecule has 1 saturated heterocycles. The number of piperazine rings is 1. The van der Waals surface area contributed by atoms with Crippen molar-refractivity contribution < 1.29 is 22.4 Å². The minimum atomic E-state index is -0.194. The molecule has 1 aliphatic heterocycles. The topological polar surface area (TPSA) is 22.1 Å². The van der Waals surface area contributed by atoms with Crippen LogP contribution in [-0.2, 0) is 47.6 Å². The van der Waals surface area contributed by atoms with Crippen LogP contribution in [0.3, 0.4) is 0 Å². The summed E-state index contributed by atoms with van der Waals surface area (Å²) in [6.45, 7) is 3.79. The van der Waals surface area contributed by atoms with Crippen molar-refractivity contribution in [2.75, 3.05) is 50.1 Å². The molecule has 3 rings (SSSR count). The minimum absolute atomic E-state index is 0. The first-order valence-electron chi connectivity index (χ1n) is 8.75. The summed E-state index contributed by atoms with van der Waals surface area (Å²) in [5.74, 6) is 0. The summed E-state index contributed by atoms with van der Waals surface area (Å²) in [5.41, 5.74) is 4.47. The molecule has 0 unspecified atom stereocenters. The Balaban J connectivity index is 0.00000261. The second-order valence-electron chi connectivity index (χ2n) is 6.59. The van der Waals surface area contributed by atoms with Crippen LogP contribution in [0.15, 0.2) is 53.5 Å². The second-order valence-corrected chi connectivity index (χ2v) is 7.78. The van der Waals surface area contributed by atoms with Gasteiger partial charge in [0.2, 0.25) is 0 Å². The maximum Gasteiger partial charge on any atom is 0.0631 e. The van der Waals surface area contributed by atoms with Gasteiger partial charge in [0.15, 0.2) is 0 Å². The fourth-order valence-corrected chi connectivity index (χ4v) is 3.37. The zero-order valence-corrected chi connectivity index (χ0v) is 19.3. The molecule has 1 radical (unpaired) electrons. The summed E-state index contributed by atoms with van der Waals surface area (Å²) < 4.78 is -0.194. The molecule has 149 valence electrons. The Morgan fingerprint density at radius 2 is 1.52 bits per heavy atom. The molecule has 0 bridgehead atoms. The van der Waals surface area contributed by atoms with Crippen LogP contribution < -0.4 is 9.80 Å². The van der Waals surface area contributed by atoms with E-state index in [1.165, 1.54) is 11.4 Å². The van der Waals surface area contributed by atoms with Gasteiger partial charge in [0.1, 0.15) is 0 Å². The molecule has 1 fully saturated rings. The van der Waals surface area contributed by atoms with Crippen molar-refractivity contribution >= 4 is 48.5 Å². The minimum Gasteiger partial charge on any atom is -0.800 e. The van der Waals surface area contributed by atoms with E-state index in [9.17, 15) is 0 Å². The van der Waals surface area contributed by atoms with Crippen LogP contribution in [-0.4, -0.2) is 56.1 Å². The molecule has 0 saturated carbocycles. The Morgan fingerprint density at radius 1 is 0.926 bits per heavy atom. The van der Waals surface area contributed by atoms with Gasteiger partial charge in [-0.15, -0.1) is 0 Å². The van der Waals surface area contributed by atoms with Crippen molar-refractivity contribution in [3.63, 3.8) is 0 Å². The molecule has 2 aromatic rings. The summed E-state index contributed by atoms with van der Waals surface area (Å²) in [7, 11) is 4.08. The molecule has 0 spiro atoms. The van der Waals surface area contributed by atoms with Gasteiger partial charge < -0.3 is 40.0 Å². The van der Waals surface area contributed by atoms with E-state index < -0.39 is 0 Å². The first-order valence-corrected chi connectivity index (χ1v) is 9.69. The number of rotatable bonds is 5. The van der Waals surface area contributed by atoms with Crippen LogP contribution in [0, 0.1) is 0 Å². The first-order chi connectivity index (χ1) is 12.5. The van der Waals surface area contributed by atoms with E-state index in [4.69, 9.17) is 25.3 Å². The zero-order chi connectivity index (χ0) is 18.5. The normalized spacial score (nSPS) is 15.2. The zero-order valence-electron chi connectivity index (χ0n) is 15.5. The standard InChI is InChI=1S/C20H26N4S2.Au/c1-22(2)18-7-3-16(4-8-18)15-21-17-5-9-19(10-6-17)23-11-13-24(14-12-23)20(25)26;/h3-10,15,20,25-26H,11-14H2,1-2H3;/p-2. The van der Waals surface area contributed by atoms with Crippen LogP contribution in [0.2, 0.25) is 0 Å². The van der Waals surface area contributed by atoms with E-state index in [0.717, 1.165) is 37.4 Å². The Morgan fingerprint density at radius 3 is 2.04 bits per heavy atom. The molecule has 0 aromatic heterocycles. The van der Waals surface area contributed by atoms with Gasteiger partial charge in [-0.3, -0.25) is 4.99 Å². The molecular formula is C20H24AuN4S2-2. The van der Waals surface area contributed by atoms with E-state index in [1.807, 2.05) is 20.3 Å². The summed E-state index contributed by atoms with van der Waals surface area (Å²) in [5, 5.41) is 0. The molecule has 0 aliphatic carbocycles. The Labute approximate surface area is 189 Å². The number of benzene rings is 2. The molecule has 4 nitrogen and oxygen atoms in total. The average molecular weight is 582 g/mol. The summed E-state index contributed by atoms with van der Waals surface area (Å²) >= 11 is 10.3. The van der Waals surface area contributed by atoms with Crippen LogP contribution >= 0.6 is 0 Å².